The summed E-state index contributed by atoms with van der Waals surface area (Å²) >= 11 is 0. The third-order valence-corrected chi connectivity index (χ3v) is 3.34. The highest BCUT2D eigenvalue weighted by atomic mass is 16.5. The Hall–Kier alpha value is -0.610. The first kappa shape index (κ1) is 15.4. The first-order valence-corrected chi connectivity index (χ1v) is 7.36. The lowest BCUT2D eigenvalue weighted by Gasteiger charge is -2.24. The Morgan fingerprint density at radius 3 is 2.83 bits per heavy atom. The van der Waals surface area contributed by atoms with Gasteiger partial charge in [0.05, 0.1) is 13.2 Å². The summed E-state index contributed by atoms with van der Waals surface area (Å²) in [6.45, 7) is 6.62. The lowest BCUT2D eigenvalue weighted by Crippen LogP contribution is -2.45. The van der Waals surface area contributed by atoms with E-state index in [1.807, 2.05) is 0 Å². The van der Waals surface area contributed by atoms with Crippen molar-refractivity contribution in [3.05, 3.63) is 0 Å². The van der Waals surface area contributed by atoms with Crippen LogP contribution in [0, 0.1) is 0 Å². The number of morpholine rings is 1. The van der Waals surface area contributed by atoms with Gasteiger partial charge in [0.2, 0.25) is 5.91 Å². The second-order valence-corrected chi connectivity index (χ2v) is 5.13. The van der Waals surface area contributed by atoms with Crippen molar-refractivity contribution in [2.45, 2.75) is 64.5 Å². The summed E-state index contributed by atoms with van der Waals surface area (Å²) in [5.74, 6) is 0.160. The van der Waals surface area contributed by atoms with Crippen LogP contribution in [-0.4, -0.2) is 37.7 Å². The Morgan fingerprint density at radius 1 is 1.39 bits per heavy atom. The fourth-order valence-corrected chi connectivity index (χ4v) is 2.35. The lowest BCUT2D eigenvalue weighted by atomic mass is 10.0. The zero-order valence-corrected chi connectivity index (χ0v) is 11.8. The van der Waals surface area contributed by atoms with Crippen molar-refractivity contribution in [3.63, 3.8) is 0 Å². The van der Waals surface area contributed by atoms with Crippen LogP contribution in [0.2, 0.25) is 0 Å². The Bertz CT molecular complexity index is 228. The van der Waals surface area contributed by atoms with Gasteiger partial charge in [-0.3, -0.25) is 4.79 Å². The maximum absolute atomic E-state index is 12.0. The van der Waals surface area contributed by atoms with E-state index < -0.39 is 0 Å². The fourth-order valence-electron chi connectivity index (χ4n) is 2.35. The second-order valence-electron chi connectivity index (χ2n) is 5.13. The topological polar surface area (TPSA) is 50.4 Å². The van der Waals surface area contributed by atoms with Gasteiger partial charge in [-0.25, -0.2) is 0 Å². The largest absolute Gasteiger partial charge is 0.378 e. The number of carbonyl (C=O) groups is 1. The molecule has 2 N–H and O–H groups in total. The van der Waals surface area contributed by atoms with Crippen molar-refractivity contribution >= 4 is 5.91 Å². The van der Waals surface area contributed by atoms with E-state index in [1.54, 1.807) is 0 Å². The van der Waals surface area contributed by atoms with E-state index in [1.165, 1.54) is 12.8 Å². The summed E-state index contributed by atoms with van der Waals surface area (Å²) in [5.41, 5.74) is 0. The molecule has 2 unspecified atom stereocenters. The molecule has 18 heavy (non-hydrogen) atoms. The van der Waals surface area contributed by atoms with Crippen molar-refractivity contribution < 1.29 is 9.53 Å². The van der Waals surface area contributed by atoms with Crippen LogP contribution in [0.4, 0.5) is 0 Å². The van der Waals surface area contributed by atoms with Crippen molar-refractivity contribution in [2.75, 3.05) is 19.8 Å². The molecule has 1 aliphatic rings. The van der Waals surface area contributed by atoms with Crippen LogP contribution in [0.15, 0.2) is 0 Å². The highest BCUT2D eigenvalue weighted by Crippen LogP contribution is 2.08. The number of carbonyl (C=O) groups excluding carboxylic acids is 1. The smallest absolute Gasteiger partial charge is 0.221 e. The minimum absolute atomic E-state index is 0.160. The van der Waals surface area contributed by atoms with Gasteiger partial charge < -0.3 is 15.4 Å². The monoisotopic (exact) mass is 256 g/mol. The summed E-state index contributed by atoms with van der Waals surface area (Å²) < 4.78 is 5.36. The van der Waals surface area contributed by atoms with Crippen molar-refractivity contribution in [3.8, 4) is 0 Å². The van der Waals surface area contributed by atoms with Crippen molar-refractivity contribution in [1.29, 1.82) is 0 Å². The SMILES string of the molecule is CCCCC(CCC)NC(=O)CC1COCCN1. The molecule has 1 heterocycles. The molecular formula is C14H28N2O2. The molecule has 0 aromatic rings. The maximum Gasteiger partial charge on any atom is 0.221 e. The van der Waals surface area contributed by atoms with Crippen LogP contribution in [0.3, 0.4) is 0 Å². The average molecular weight is 256 g/mol. The lowest BCUT2D eigenvalue weighted by molar-refractivity contribution is -0.123. The second kappa shape index (κ2) is 9.34. The van der Waals surface area contributed by atoms with E-state index >= 15 is 0 Å². The van der Waals surface area contributed by atoms with Gasteiger partial charge in [0.15, 0.2) is 0 Å². The number of hydrogen-bond donors (Lipinski definition) is 2. The molecule has 2 atom stereocenters. The molecule has 0 radical (unpaired) electrons. The van der Waals surface area contributed by atoms with Gasteiger partial charge in [0.1, 0.15) is 0 Å². The van der Waals surface area contributed by atoms with E-state index in [0.29, 0.717) is 19.1 Å². The molecule has 4 heteroatoms. The summed E-state index contributed by atoms with van der Waals surface area (Å²) in [6, 6.07) is 0.541. The molecule has 1 aliphatic heterocycles. The molecule has 1 fully saturated rings. The summed E-state index contributed by atoms with van der Waals surface area (Å²) in [4.78, 5) is 12.0. The Labute approximate surface area is 111 Å². The predicted molar refractivity (Wildman–Crippen MR) is 73.6 cm³/mol. The normalized spacial score (nSPS) is 21.6. The number of hydrogen-bond acceptors (Lipinski definition) is 3. The summed E-state index contributed by atoms with van der Waals surface area (Å²) in [5, 5.41) is 6.48. The quantitative estimate of drug-likeness (QED) is 0.697. The van der Waals surface area contributed by atoms with E-state index in [0.717, 1.165) is 32.4 Å². The number of nitrogens with one attached hydrogen (secondary N) is 2. The first-order valence-electron chi connectivity index (χ1n) is 7.36. The van der Waals surface area contributed by atoms with Crippen LogP contribution >= 0.6 is 0 Å². The summed E-state index contributed by atoms with van der Waals surface area (Å²) in [6.07, 6.45) is 6.22. The van der Waals surface area contributed by atoms with Gasteiger partial charge in [0, 0.05) is 25.0 Å². The number of ether oxygens (including phenoxy) is 1. The number of amides is 1. The first-order chi connectivity index (χ1) is 8.76. The minimum atomic E-state index is 0.160. The minimum Gasteiger partial charge on any atom is -0.378 e. The molecular weight excluding hydrogens is 228 g/mol. The van der Waals surface area contributed by atoms with Gasteiger partial charge in [-0.2, -0.15) is 0 Å². The predicted octanol–water partition coefficient (Wildman–Crippen LogP) is 1.84. The molecule has 0 spiro atoms. The number of rotatable bonds is 8. The summed E-state index contributed by atoms with van der Waals surface area (Å²) in [7, 11) is 0. The van der Waals surface area contributed by atoms with Crippen LogP contribution in [0.1, 0.15) is 52.4 Å². The molecule has 0 aromatic heterocycles. The standard InChI is InChI=1S/C14H28N2O2/c1-3-5-7-12(6-4-2)16-14(17)10-13-11-18-9-8-15-13/h12-13,15H,3-11H2,1-2H3,(H,16,17). The molecule has 1 rings (SSSR count). The van der Waals surface area contributed by atoms with Crippen molar-refractivity contribution in [2.24, 2.45) is 0 Å². The molecule has 0 bridgehead atoms. The Balaban J connectivity index is 2.25. The van der Waals surface area contributed by atoms with Gasteiger partial charge in [0.25, 0.3) is 0 Å². The van der Waals surface area contributed by atoms with E-state index in [9.17, 15) is 4.79 Å². The molecule has 0 aliphatic carbocycles. The highest BCUT2D eigenvalue weighted by Gasteiger charge is 2.18. The Morgan fingerprint density at radius 2 is 2.22 bits per heavy atom. The highest BCUT2D eigenvalue weighted by molar-refractivity contribution is 5.76. The van der Waals surface area contributed by atoms with Crippen LogP contribution in [-0.2, 0) is 9.53 Å². The average Bonchev–Trinajstić information content (AvgIpc) is 2.37. The number of unbranched alkanes of at least 4 members (excludes halogenated alkanes) is 1. The van der Waals surface area contributed by atoms with Crippen LogP contribution in [0.5, 0.6) is 0 Å². The van der Waals surface area contributed by atoms with Gasteiger partial charge in [-0.15, -0.1) is 0 Å². The molecule has 0 saturated carbocycles. The molecule has 1 saturated heterocycles. The fraction of sp³-hybridized carbons (Fsp3) is 0.929. The van der Waals surface area contributed by atoms with E-state index in [2.05, 4.69) is 24.5 Å². The van der Waals surface area contributed by atoms with Crippen molar-refractivity contribution in [1.82, 2.24) is 10.6 Å². The van der Waals surface area contributed by atoms with Gasteiger partial charge in [-0.05, 0) is 12.8 Å². The zero-order valence-electron chi connectivity index (χ0n) is 11.8. The van der Waals surface area contributed by atoms with Gasteiger partial charge >= 0.3 is 0 Å². The van der Waals surface area contributed by atoms with Gasteiger partial charge in [-0.1, -0.05) is 33.1 Å². The third-order valence-electron chi connectivity index (χ3n) is 3.34. The molecule has 106 valence electrons. The molecule has 0 aromatic carbocycles. The Kier molecular flexibility index (Phi) is 8.01. The molecule has 1 amide bonds. The molecule has 4 nitrogen and oxygen atoms in total. The van der Waals surface area contributed by atoms with E-state index in [-0.39, 0.29) is 11.9 Å². The van der Waals surface area contributed by atoms with E-state index in [4.69, 9.17) is 4.74 Å². The maximum atomic E-state index is 12.0. The zero-order chi connectivity index (χ0) is 13.2. The van der Waals surface area contributed by atoms with Crippen LogP contribution < -0.4 is 10.6 Å². The van der Waals surface area contributed by atoms with Crippen LogP contribution in [0.25, 0.3) is 0 Å². The third kappa shape index (κ3) is 6.36.